The van der Waals surface area contributed by atoms with E-state index >= 15 is 0 Å². The largest absolute Gasteiger partial charge is 0.496 e. The van der Waals surface area contributed by atoms with Gasteiger partial charge in [0.1, 0.15) is 5.75 Å². The molecule has 2 aromatic rings. The average molecular weight is 431 g/mol. The number of hydrogen-bond acceptors (Lipinski definition) is 4. The number of anilines is 1. The molecule has 0 radical (unpaired) electrons. The molecule has 2 aromatic carbocycles. The molecule has 0 saturated carbocycles. The molecule has 1 fully saturated rings. The van der Waals surface area contributed by atoms with Gasteiger partial charge in [-0.1, -0.05) is 58.8 Å². The molecule has 1 amide bonds. The molecule has 0 spiro atoms. The third-order valence-corrected chi connectivity index (χ3v) is 5.50. The quantitative estimate of drug-likeness (QED) is 0.437. The maximum absolute atomic E-state index is 12.8. The van der Waals surface area contributed by atoms with Crippen molar-refractivity contribution in [3.05, 3.63) is 61.9 Å². The Hall–Kier alpha value is -1.24. The minimum atomic E-state index is -0.263. The summed E-state index contributed by atoms with van der Waals surface area (Å²) in [6, 6.07) is 10.1. The summed E-state index contributed by atoms with van der Waals surface area (Å²) < 4.78 is 5.70. The maximum atomic E-state index is 12.8. The van der Waals surface area contributed by atoms with Crippen molar-refractivity contribution < 1.29 is 9.53 Å². The highest BCUT2D eigenvalue weighted by Crippen LogP contribution is 2.40. The first-order valence-corrected chi connectivity index (χ1v) is 9.33. The van der Waals surface area contributed by atoms with Crippen LogP contribution in [0, 0.1) is 0 Å². The molecule has 1 aliphatic heterocycles. The van der Waals surface area contributed by atoms with E-state index < -0.39 is 0 Å². The second-order valence-corrected chi connectivity index (χ2v) is 7.95. The summed E-state index contributed by atoms with van der Waals surface area (Å²) in [4.78, 5) is 14.7. The summed E-state index contributed by atoms with van der Waals surface area (Å²) in [5, 5.41) is 1.38. The normalized spacial score (nSPS) is 16.0. The number of thioether (sulfide) groups is 1. The van der Waals surface area contributed by atoms with Crippen molar-refractivity contribution in [2.75, 3.05) is 12.0 Å². The van der Waals surface area contributed by atoms with Gasteiger partial charge in [-0.2, -0.15) is 0 Å². The van der Waals surface area contributed by atoms with Crippen LogP contribution in [-0.4, -0.2) is 17.3 Å². The van der Waals surface area contributed by atoms with E-state index in [1.54, 1.807) is 49.6 Å². The van der Waals surface area contributed by atoms with E-state index in [2.05, 4.69) is 0 Å². The Labute approximate surface area is 169 Å². The lowest BCUT2D eigenvalue weighted by molar-refractivity contribution is -0.113. The standard InChI is InChI=1S/C17H10Cl3NO2S2/c1-23-14-5-3-10(18)6-9(14)7-15-16(22)21(17(24)25-15)13-4-2-11(19)8-12(13)20/h2-8H,1H3/b15-7-. The summed E-state index contributed by atoms with van der Waals surface area (Å²) in [5.74, 6) is 0.348. The fraction of sp³-hybridized carbons (Fsp3) is 0.0588. The fourth-order valence-electron chi connectivity index (χ4n) is 2.30. The van der Waals surface area contributed by atoms with Crippen LogP contribution >= 0.6 is 58.8 Å². The van der Waals surface area contributed by atoms with E-state index in [-0.39, 0.29) is 5.91 Å². The van der Waals surface area contributed by atoms with Crippen LogP contribution in [0.4, 0.5) is 5.69 Å². The van der Waals surface area contributed by atoms with Crippen molar-refractivity contribution in [3.63, 3.8) is 0 Å². The summed E-state index contributed by atoms with van der Waals surface area (Å²) in [6.45, 7) is 0. The highest BCUT2D eigenvalue weighted by molar-refractivity contribution is 8.27. The van der Waals surface area contributed by atoms with Crippen molar-refractivity contribution >= 4 is 80.8 Å². The number of nitrogens with zero attached hydrogens (tertiary/aromatic N) is 1. The zero-order chi connectivity index (χ0) is 18.1. The number of ether oxygens (including phenoxy) is 1. The second kappa shape index (κ2) is 7.56. The number of benzene rings is 2. The number of rotatable bonds is 3. The van der Waals surface area contributed by atoms with E-state index in [1.807, 2.05) is 0 Å². The zero-order valence-corrected chi connectivity index (χ0v) is 16.7. The van der Waals surface area contributed by atoms with Crippen LogP contribution in [0.25, 0.3) is 6.08 Å². The van der Waals surface area contributed by atoms with Gasteiger partial charge in [-0.05, 0) is 42.5 Å². The van der Waals surface area contributed by atoms with Crippen LogP contribution in [0.15, 0.2) is 41.3 Å². The number of thiocarbonyl (C=S) groups is 1. The van der Waals surface area contributed by atoms with Crippen LogP contribution in [0.2, 0.25) is 15.1 Å². The first kappa shape index (κ1) is 18.5. The van der Waals surface area contributed by atoms with E-state index in [0.717, 1.165) is 0 Å². The first-order valence-electron chi connectivity index (χ1n) is 6.97. The van der Waals surface area contributed by atoms with Gasteiger partial charge >= 0.3 is 0 Å². The Bertz CT molecular complexity index is 915. The molecule has 1 heterocycles. The van der Waals surface area contributed by atoms with Crippen molar-refractivity contribution in [3.8, 4) is 5.75 Å². The van der Waals surface area contributed by atoms with Gasteiger partial charge < -0.3 is 4.74 Å². The molecule has 1 saturated heterocycles. The molecule has 0 aromatic heterocycles. The van der Waals surface area contributed by atoms with Crippen molar-refractivity contribution in [1.29, 1.82) is 0 Å². The average Bonchev–Trinajstić information content (AvgIpc) is 2.82. The van der Waals surface area contributed by atoms with Gasteiger partial charge in [-0.15, -0.1) is 0 Å². The second-order valence-electron chi connectivity index (χ2n) is 5.00. The van der Waals surface area contributed by atoms with Gasteiger partial charge in [0.05, 0.1) is 22.7 Å². The van der Waals surface area contributed by atoms with Gasteiger partial charge in [0.25, 0.3) is 5.91 Å². The maximum Gasteiger partial charge on any atom is 0.270 e. The summed E-state index contributed by atoms with van der Waals surface area (Å²) in [7, 11) is 1.55. The third-order valence-electron chi connectivity index (χ3n) is 3.42. The molecule has 1 aliphatic rings. The van der Waals surface area contributed by atoms with Crippen LogP contribution < -0.4 is 9.64 Å². The summed E-state index contributed by atoms with van der Waals surface area (Å²) >= 11 is 24.7. The van der Waals surface area contributed by atoms with Crippen molar-refractivity contribution in [2.45, 2.75) is 0 Å². The van der Waals surface area contributed by atoms with Crippen LogP contribution in [-0.2, 0) is 4.79 Å². The fourth-order valence-corrected chi connectivity index (χ4v) is 4.25. The molecule has 3 nitrogen and oxygen atoms in total. The molecule has 0 bridgehead atoms. The molecule has 8 heteroatoms. The summed E-state index contributed by atoms with van der Waals surface area (Å²) in [6.07, 6.45) is 1.70. The van der Waals surface area contributed by atoms with Gasteiger partial charge in [-0.3, -0.25) is 9.69 Å². The highest BCUT2D eigenvalue weighted by Gasteiger charge is 2.34. The predicted octanol–water partition coefficient (Wildman–Crippen LogP) is 6.06. The minimum absolute atomic E-state index is 0.263. The monoisotopic (exact) mass is 429 g/mol. The van der Waals surface area contributed by atoms with Crippen LogP contribution in [0.1, 0.15) is 5.56 Å². The van der Waals surface area contributed by atoms with Crippen molar-refractivity contribution in [2.24, 2.45) is 0 Å². The van der Waals surface area contributed by atoms with Gasteiger partial charge in [-0.25, -0.2) is 0 Å². The topological polar surface area (TPSA) is 29.5 Å². The van der Waals surface area contributed by atoms with E-state index in [4.69, 9.17) is 51.8 Å². The molecule has 128 valence electrons. The minimum Gasteiger partial charge on any atom is -0.496 e. The molecule has 0 unspecified atom stereocenters. The highest BCUT2D eigenvalue weighted by atomic mass is 35.5. The third kappa shape index (κ3) is 3.81. The predicted molar refractivity (Wildman–Crippen MR) is 110 cm³/mol. The van der Waals surface area contributed by atoms with E-state index in [9.17, 15) is 4.79 Å². The van der Waals surface area contributed by atoms with Gasteiger partial charge in [0.2, 0.25) is 0 Å². The van der Waals surface area contributed by atoms with Crippen LogP contribution in [0.3, 0.4) is 0 Å². The first-order chi connectivity index (χ1) is 11.9. The van der Waals surface area contributed by atoms with E-state index in [0.29, 0.717) is 41.3 Å². The Morgan fingerprint density at radius 2 is 1.80 bits per heavy atom. The number of carbonyl (C=O) groups excluding carboxylic acids is 1. The lowest BCUT2D eigenvalue weighted by Gasteiger charge is -2.16. The summed E-state index contributed by atoms with van der Waals surface area (Å²) in [5.41, 5.74) is 1.19. The molecule has 0 atom stereocenters. The Morgan fingerprint density at radius 1 is 1.12 bits per heavy atom. The lowest BCUT2D eigenvalue weighted by Crippen LogP contribution is -2.27. The number of halogens is 3. The molecule has 0 aliphatic carbocycles. The Kier molecular flexibility index (Phi) is 5.61. The Balaban J connectivity index is 2.00. The molecule has 3 rings (SSSR count). The van der Waals surface area contributed by atoms with Gasteiger partial charge in [0.15, 0.2) is 4.32 Å². The molecule has 0 N–H and O–H groups in total. The number of amides is 1. The molecular weight excluding hydrogens is 421 g/mol. The van der Waals surface area contributed by atoms with Crippen LogP contribution in [0.5, 0.6) is 5.75 Å². The molecule has 25 heavy (non-hydrogen) atoms. The number of carbonyl (C=O) groups is 1. The SMILES string of the molecule is COc1ccc(Cl)cc1/C=C1\SC(=S)N(c2ccc(Cl)cc2Cl)C1=O. The number of methoxy groups -OCH3 is 1. The zero-order valence-electron chi connectivity index (χ0n) is 12.8. The van der Waals surface area contributed by atoms with Crippen molar-refractivity contribution in [1.82, 2.24) is 0 Å². The Morgan fingerprint density at radius 3 is 2.48 bits per heavy atom. The smallest absolute Gasteiger partial charge is 0.270 e. The van der Waals surface area contributed by atoms with Gasteiger partial charge in [0, 0.05) is 15.6 Å². The number of hydrogen-bond donors (Lipinski definition) is 0. The lowest BCUT2D eigenvalue weighted by atomic mass is 10.2. The molecular formula is C17H10Cl3NO2S2. The van der Waals surface area contributed by atoms with E-state index in [1.165, 1.54) is 16.7 Å².